The van der Waals surface area contributed by atoms with Gasteiger partial charge in [-0.1, -0.05) is 180 Å². The smallest absolute Gasteiger partial charge is 0.303 e. The van der Waals surface area contributed by atoms with E-state index in [0.29, 0.717) is 13.0 Å². The first-order valence-electron chi connectivity index (χ1n) is 18.6. The van der Waals surface area contributed by atoms with E-state index < -0.39 is 5.97 Å². The number of hydroxylamine groups is 2. The number of carbonyl (C=O) groups is 1. The molecule has 0 aromatic rings. The van der Waals surface area contributed by atoms with Gasteiger partial charge in [-0.3, -0.25) is 14.5 Å². The maximum atomic E-state index is 10.3. The molecule has 0 atom stereocenters. The van der Waals surface area contributed by atoms with E-state index in [1.54, 1.807) is 0 Å². The van der Waals surface area contributed by atoms with Gasteiger partial charge in [-0.25, -0.2) is 0 Å². The average molecular weight is 618 g/mol. The number of aliphatic hydroxyl groups is 2. The highest BCUT2D eigenvalue weighted by molar-refractivity contribution is 5.66. The number of carboxylic acid groups (broad SMARTS) is 1. The lowest BCUT2D eigenvalue weighted by molar-refractivity contribution is -0.371. The van der Waals surface area contributed by atoms with Crippen LogP contribution in [-0.2, 0) is 14.5 Å². The van der Waals surface area contributed by atoms with Gasteiger partial charge >= 0.3 is 5.97 Å². The van der Waals surface area contributed by atoms with Crippen LogP contribution in [0, 0.1) is 0 Å². The van der Waals surface area contributed by atoms with E-state index in [0.717, 1.165) is 25.7 Å². The van der Waals surface area contributed by atoms with Crippen LogP contribution in [0.4, 0.5) is 0 Å². The summed E-state index contributed by atoms with van der Waals surface area (Å²) in [5.74, 6) is -0.653. The Hall–Kier alpha value is -0.730. The second kappa shape index (κ2) is 41.3. The van der Waals surface area contributed by atoms with E-state index in [9.17, 15) is 4.79 Å². The van der Waals surface area contributed by atoms with E-state index in [1.165, 1.54) is 153 Å². The van der Waals surface area contributed by atoms with Crippen molar-refractivity contribution in [3.63, 3.8) is 0 Å². The van der Waals surface area contributed by atoms with Crippen molar-refractivity contribution in [2.24, 2.45) is 0 Å². The number of aliphatic carboxylic acids is 1. The van der Waals surface area contributed by atoms with Gasteiger partial charge in [-0.15, -0.1) is 0 Å². The molecule has 0 aliphatic heterocycles. The molecule has 0 spiro atoms. The number of rotatable bonds is 35. The van der Waals surface area contributed by atoms with Crippen LogP contribution >= 0.6 is 0 Å². The minimum atomic E-state index is -0.653. The van der Waals surface area contributed by atoms with Gasteiger partial charge < -0.3 is 15.3 Å². The number of hydrogen-bond acceptors (Lipinski definition) is 6. The van der Waals surface area contributed by atoms with Crippen LogP contribution in [0.1, 0.15) is 194 Å². The molecule has 0 aliphatic rings. The third-order valence-electron chi connectivity index (χ3n) is 7.84. The molecule has 7 heteroatoms. The minimum Gasteiger partial charge on any atom is -0.481 e. The molecule has 0 aromatic heterocycles. The molecule has 0 saturated carbocycles. The molecule has 0 saturated heterocycles. The fourth-order valence-electron chi connectivity index (χ4n) is 5.18. The van der Waals surface area contributed by atoms with E-state index in [4.69, 9.17) is 25.0 Å². The fraction of sp³-hybridized carbons (Fsp3) is 0.972. The molecule has 3 N–H and O–H groups in total. The van der Waals surface area contributed by atoms with Crippen LogP contribution in [0.25, 0.3) is 0 Å². The summed E-state index contributed by atoms with van der Waals surface area (Å²) in [5, 5.41) is 27.4. The summed E-state index contributed by atoms with van der Waals surface area (Å²) in [6.45, 7) is 5.60. The number of unbranched alkanes of at least 4 members (excludes halogenated alkanes) is 25. The van der Waals surface area contributed by atoms with Crippen molar-refractivity contribution in [2.45, 2.75) is 194 Å². The van der Waals surface area contributed by atoms with Crippen molar-refractivity contribution >= 4 is 5.97 Å². The molecular formula is C36H75NO6. The Morgan fingerprint density at radius 1 is 0.465 bits per heavy atom. The van der Waals surface area contributed by atoms with Crippen molar-refractivity contribution in [1.29, 1.82) is 0 Å². The highest BCUT2D eigenvalue weighted by Gasteiger charge is 2.05. The first-order chi connectivity index (χ1) is 21.1. The Kier molecular flexibility index (Phi) is 42.6. The highest BCUT2D eigenvalue weighted by atomic mass is 16.9. The Labute approximate surface area is 267 Å². The molecule has 0 bridgehead atoms. The first kappa shape index (κ1) is 44.4. The lowest BCUT2D eigenvalue weighted by Crippen LogP contribution is -2.28. The van der Waals surface area contributed by atoms with Gasteiger partial charge in [-0.2, -0.15) is 0 Å². The van der Waals surface area contributed by atoms with Crippen LogP contribution in [0.5, 0.6) is 0 Å². The molecule has 7 nitrogen and oxygen atoms in total. The first-order valence-corrected chi connectivity index (χ1v) is 18.6. The Morgan fingerprint density at radius 2 is 0.744 bits per heavy atom. The van der Waals surface area contributed by atoms with Crippen LogP contribution in [0.15, 0.2) is 0 Å². The zero-order valence-corrected chi connectivity index (χ0v) is 28.8. The zero-order valence-electron chi connectivity index (χ0n) is 28.8. The molecule has 0 rings (SSSR count). The van der Waals surface area contributed by atoms with E-state index in [2.05, 4.69) is 13.8 Å². The lowest BCUT2D eigenvalue weighted by atomic mass is 10.0. The van der Waals surface area contributed by atoms with Gasteiger partial charge in [0.1, 0.15) is 0 Å². The molecule has 260 valence electrons. The SMILES string of the molecule is CCCCCCCCCCCCCCCCCC(=O)O.CCCCCCCCCCCCCCN(OCCO)OCCO. The Morgan fingerprint density at radius 3 is 1.02 bits per heavy atom. The maximum absolute atomic E-state index is 10.3. The number of hydrogen-bond donors (Lipinski definition) is 3. The van der Waals surface area contributed by atoms with Crippen molar-refractivity contribution in [3.8, 4) is 0 Å². The largest absolute Gasteiger partial charge is 0.481 e. The van der Waals surface area contributed by atoms with Gasteiger partial charge in [0.25, 0.3) is 0 Å². The molecule has 0 unspecified atom stereocenters. The standard InChI is InChI=1S/C18H39NO4.C18H36O2/c1-2-3-4-5-6-7-8-9-10-11-12-13-14-19(22-17-15-20)23-18-16-21;1-2-3-4-5-6-7-8-9-10-11-12-13-14-15-16-17-18(19)20/h20-21H,2-18H2,1H3;2-17H2,1H3,(H,19,20). The third kappa shape index (κ3) is 43.5. The Balaban J connectivity index is 0. The topological polar surface area (TPSA) is 99.5 Å². The number of aliphatic hydroxyl groups excluding tert-OH is 2. The van der Waals surface area contributed by atoms with Crippen molar-refractivity contribution in [1.82, 2.24) is 5.23 Å². The summed E-state index contributed by atoms with van der Waals surface area (Å²) in [5.41, 5.74) is 0. The molecule has 0 fully saturated rings. The molecule has 43 heavy (non-hydrogen) atoms. The van der Waals surface area contributed by atoms with E-state index in [1.807, 2.05) is 0 Å². The Bertz CT molecular complexity index is 500. The molecular weight excluding hydrogens is 542 g/mol. The predicted molar refractivity (Wildman–Crippen MR) is 181 cm³/mol. The third-order valence-corrected chi connectivity index (χ3v) is 7.84. The molecule has 0 radical (unpaired) electrons. The van der Waals surface area contributed by atoms with Gasteiger partial charge in [-0.05, 0) is 12.8 Å². The van der Waals surface area contributed by atoms with E-state index >= 15 is 0 Å². The average Bonchev–Trinajstić information content (AvgIpc) is 3.00. The van der Waals surface area contributed by atoms with Crippen molar-refractivity contribution in [2.75, 3.05) is 33.0 Å². The van der Waals surface area contributed by atoms with Gasteiger partial charge in [0, 0.05) is 6.42 Å². The summed E-state index contributed by atoms with van der Waals surface area (Å²) in [7, 11) is 0. The summed E-state index contributed by atoms with van der Waals surface area (Å²) in [4.78, 5) is 20.8. The van der Waals surface area contributed by atoms with Crippen LogP contribution < -0.4 is 0 Å². The summed E-state index contributed by atoms with van der Waals surface area (Å²) in [6.07, 6.45) is 36.0. The molecule has 0 aliphatic carbocycles. The summed E-state index contributed by atoms with van der Waals surface area (Å²) < 4.78 is 0. The second-order valence-corrected chi connectivity index (χ2v) is 12.2. The zero-order chi connectivity index (χ0) is 31.9. The quantitative estimate of drug-likeness (QED) is 0.0480. The maximum Gasteiger partial charge on any atom is 0.303 e. The summed E-state index contributed by atoms with van der Waals surface area (Å²) in [6, 6.07) is 0. The number of carboxylic acids is 1. The molecule has 0 amide bonds. The minimum absolute atomic E-state index is 0.0303. The van der Waals surface area contributed by atoms with Crippen LogP contribution in [-0.4, -0.2) is 59.5 Å². The monoisotopic (exact) mass is 618 g/mol. The molecule has 0 heterocycles. The van der Waals surface area contributed by atoms with Gasteiger partial charge in [0.15, 0.2) is 0 Å². The molecule has 0 aromatic carbocycles. The van der Waals surface area contributed by atoms with Gasteiger partial charge in [0.05, 0.1) is 33.0 Å². The predicted octanol–water partition coefficient (Wildman–Crippen LogP) is 10.2. The number of nitrogens with zero attached hydrogens (tertiary/aromatic N) is 1. The van der Waals surface area contributed by atoms with Crippen LogP contribution in [0.2, 0.25) is 0 Å². The second-order valence-electron chi connectivity index (χ2n) is 12.2. The van der Waals surface area contributed by atoms with Crippen molar-refractivity contribution in [3.05, 3.63) is 0 Å². The lowest BCUT2D eigenvalue weighted by Gasteiger charge is -2.20. The normalized spacial score (nSPS) is 11.2. The van der Waals surface area contributed by atoms with Crippen molar-refractivity contribution < 1.29 is 29.8 Å². The highest BCUT2D eigenvalue weighted by Crippen LogP contribution is 2.14. The van der Waals surface area contributed by atoms with E-state index in [-0.39, 0.29) is 26.4 Å². The fourth-order valence-corrected chi connectivity index (χ4v) is 5.18. The summed E-state index contributed by atoms with van der Waals surface area (Å²) >= 11 is 0. The van der Waals surface area contributed by atoms with Gasteiger partial charge in [0.2, 0.25) is 0 Å². The van der Waals surface area contributed by atoms with Crippen LogP contribution in [0.3, 0.4) is 0 Å².